The number of aromatic nitrogens is 1. The summed E-state index contributed by atoms with van der Waals surface area (Å²) in [6, 6.07) is 4.76. The minimum Gasteiger partial charge on any atom is -0.437 e. The topological polar surface area (TPSA) is 91.3 Å². The Kier molecular flexibility index (Phi) is 3.89. The Balaban J connectivity index is 2.39. The molecule has 0 fully saturated rings. The Bertz CT molecular complexity index is 689. The third-order valence-electron chi connectivity index (χ3n) is 2.74. The molecule has 0 unspecified atom stereocenters. The largest absolute Gasteiger partial charge is 0.437 e. The molecule has 1 aromatic carbocycles. The first kappa shape index (κ1) is 14.3. The number of hydrogen-bond donors (Lipinski definition) is 1. The summed E-state index contributed by atoms with van der Waals surface area (Å²) in [6.07, 6.45) is 1.57. The molecule has 20 heavy (non-hydrogen) atoms. The van der Waals surface area contributed by atoms with Gasteiger partial charge in [0, 0.05) is 22.3 Å². The van der Waals surface area contributed by atoms with Gasteiger partial charge in [-0.15, -0.1) is 0 Å². The van der Waals surface area contributed by atoms with E-state index >= 15 is 0 Å². The first-order chi connectivity index (χ1) is 9.38. The molecular formula is C13H12BrN3O3. The van der Waals surface area contributed by atoms with E-state index in [2.05, 4.69) is 20.9 Å². The second kappa shape index (κ2) is 5.46. The molecular weight excluding hydrogens is 326 g/mol. The molecule has 6 nitrogen and oxygen atoms in total. The van der Waals surface area contributed by atoms with Gasteiger partial charge in [0.25, 0.3) is 5.69 Å². The normalized spacial score (nSPS) is 10.3. The van der Waals surface area contributed by atoms with Gasteiger partial charge < -0.3 is 10.5 Å². The van der Waals surface area contributed by atoms with Crippen LogP contribution in [0.25, 0.3) is 0 Å². The van der Waals surface area contributed by atoms with Crippen molar-refractivity contribution in [3.8, 4) is 11.6 Å². The molecule has 104 valence electrons. The maximum atomic E-state index is 10.9. The maximum absolute atomic E-state index is 10.9. The second-order valence-corrected chi connectivity index (χ2v) is 5.23. The first-order valence-corrected chi connectivity index (χ1v) is 6.52. The Hall–Kier alpha value is -2.15. The summed E-state index contributed by atoms with van der Waals surface area (Å²) in [5.41, 5.74) is 7.42. The van der Waals surface area contributed by atoms with Crippen molar-refractivity contribution in [2.24, 2.45) is 0 Å². The summed E-state index contributed by atoms with van der Waals surface area (Å²) in [5.74, 6) is 0.763. The van der Waals surface area contributed by atoms with Crippen molar-refractivity contribution in [2.45, 2.75) is 13.8 Å². The summed E-state index contributed by atoms with van der Waals surface area (Å²) in [5, 5.41) is 10.9. The quantitative estimate of drug-likeness (QED) is 0.680. The van der Waals surface area contributed by atoms with E-state index in [1.807, 2.05) is 0 Å². The highest BCUT2D eigenvalue weighted by Crippen LogP contribution is 2.33. The van der Waals surface area contributed by atoms with Gasteiger partial charge in [0.2, 0.25) is 5.88 Å². The van der Waals surface area contributed by atoms with Crippen LogP contribution in [0.1, 0.15) is 11.1 Å². The number of ether oxygens (including phenoxy) is 1. The number of nitrogen functional groups attached to an aromatic ring is 1. The van der Waals surface area contributed by atoms with Crippen molar-refractivity contribution in [2.75, 3.05) is 5.73 Å². The lowest BCUT2D eigenvalue weighted by Gasteiger charge is -2.11. The lowest BCUT2D eigenvalue weighted by atomic mass is 10.1. The zero-order chi connectivity index (χ0) is 14.9. The van der Waals surface area contributed by atoms with E-state index in [1.54, 1.807) is 32.2 Å². The van der Waals surface area contributed by atoms with Crippen LogP contribution in [-0.4, -0.2) is 9.91 Å². The fraction of sp³-hybridized carbons (Fsp3) is 0.154. The van der Waals surface area contributed by atoms with Crippen LogP contribution in [0, 0.1) is 24.0 Å². The standard InChI is InChI=1S/C13H12BrN3O3/c1-7-4-12(8(2)3-11(7)17(18)19)20-13-10(15)5-9(14)6-16-13/h3-6H,15H2,1-2H3. The molecule has 0 spiro atoms. The fourth-order valence-corrected chi connectivity index (χ4v) is 2.06. The van der Waals surface area contributed by atoms with Gasteiger partial charge in [0.15, 0.2) is 0 Å². The minimum absolute atomic E-state index is 0.0617. The van der Waals surface area contributed by atoms with E-state index < -0.39 is 4.92 Å². The van der Waals surface area contributed by atoms with Gasteiger partial charge in [-0.3, -0.25) is 10.1 Å². The number of nitrogens with two attached hydrogens (primary N) is 1. The smallest absolute Gasteiger partial charge is 0.272 e. The summed E-state index contributed by atoms with van der Waals surface area (Å²) in [6.45, 7) is 3.39. The number of aryl methyl sites for hydroxylation is 2. The molecule has 0 aliphatic rings. The molecule has 0 radical (unpaired) electrons. The zero-order valence-corrected chi connectivity index (χ0v) is 12.5. The molecule has 7 heteroatoms. The molecule has 2 aromatic rings. The van der Waals surface area contributed by atoms with Crippen molar-refractivity contribution in [3.63, 3.8) is 0 Å². The highest BCUT2D eigenvalue weighted by molar-refractivity contribution is 9.10. The molecule has 2 N–H and O–H groups in total. The molecule has 2 rings (SSSR count). The molecule has 0 bridgehead atoms. The van der Waals surface area contributed by atoms with E-state index in [4.69, 9.17) is 10.5 Å². The van der Waals surface area contributed by atoms with Gasteiger partial charge in [-0.1, -0.05) is 0 Å². The molecule has 1 aromatic heterocycles. The number of nitro benzene ring substituents is 1. The Morgan fingerprint density at radius 1 is 1.30 bits per heavy atom. The monoisotopic (exact) mass is 337 g/mol. The fourth-order valence-electron chi connectivity index (χ4n) is 1.71. The predicted octanol–water partition coefficient (Wildman–Crippen LogP) is 3.74. The third kappa shape index (κ3) is 2.88. The number of rotatable bonds is 3. The van der Waals surface area contributed by atoms with Crippen LogP contribution in [0.15, 0.2) is 28.9 Å². The van der Waals surface area contributed by atoms with Crippen molar-refractivity contribution in [3.05, 3.63) is 50.1 Å². The SMILES string of the molecule is Cc1cc([N+](=O)[O-])c(C)cc1Oc1ncc(Br)cc1N. The summed E-state index contributed by atoms with van der Waals surface area (Å²) in [4.78, 5) is 14.5. The average Bonchev–Trinajstić information content (AvgIpc) is 2.36. The molecule has 0 saturated heterocycles. The Morgan fingerprint density at radius 2 is 2.00 bits per heavy atom. The van der Waals surface area contributed by atoms with Crippen LogP contribution in [0.3, 0.4) is 0 Å². The summed E-state index contributed by atoms with van der Waals surface area (Å²) >= 11 is 3.26. The number of halogens is 1. The van der Waals surface area contributed by atoms with Crippen molar-refractivity contribution in [1.29, 1.82) is 0 Å². The minimum atomic E-state index is -0.418. The lowest BCUT2D eigenvalue weighted by molar-refractivity contribution is -0.385. The summed E-state index contributed by atoms with van der Waals surface area (Å²) < 4.78 is 6.38. The Morgan fingerprint density at radius 3 is 2.60 bits per heavy atom. The molecule has 0 atom stereocenters. The van der Waals surface area contributed by atoms with Crippen LogP contribution < -0.4 is 10.5 Å². The van der Waals surface area contributed by atoms with Gasteiger partial charge in [-0.2, -0.15) is 0 Å². The summed E-state index contributed by atoms with van der Waals surface area (Å²) in [7, 11) is 0. The number of nitro groups is 1. The number of benzene rings is 1. The first-order valence-electron chi connectivity index (χ1n) is 5.73. The van der Waals surface area contributed by atoms with Crippen molar-refractivity contribution < 1.29 is 9.66 Å². The number of pyridine rings is 1. The van der Waals surface area contributed by atoms with Gasteiger partial charge in [-0.05, 0) is 47.5 Å². The van der Waals surface area contributed by atoms with E-state index in [9.17, 15) is 10.1 Å². The molecule has 0 saturated carbocycles. The van der Waals surface area contributed by atoms with E-state index in [-0.39, 0.29) is 11.6 Å². The van der Waals surface area contributed by atoms with E-state index in [0.29, 0.717) is 22.6 Å². The van der Waals surface area contributed by atoms with Gasteiger partial charge in [-0.25, -0.2) is 4.98 Å². The number of hydrogen-bond acceptors (Lipinski definition) is 5. The van der Waals surface area contributed by atoms with Gasteiger partial charge in [0.05, 0.1) is 10.6 Å². The van der Waals surface area contributed by atoms with Crippen LogP contribution in [0.5, 0.6) is 11.6 Å². The molecule has 1 heterocycles. The number of anilines is 1. The van der Waals surface area contributed by atoms with Gasteiger partial charge in [0.1, 0.15) is 5.75 Å². The molecule has 0 aliphatic carbocycles. The maximum Gasteiger partial charge on any atom is 0.272 e. The predicted molar refractivity (Wildman–Crippen MR) is 79.0 cm³/mol. The van der Waals surface area contributed by atoms with E-state index in [1.165, 1.54) is 6.07 Å². The van der Waals surface area contributed by atoms with Crippen molar-refractivity contribution >= 4 is 27.3 Å². The Labute approximate surface area is 123 Å². The third-order valence-corrected chi connectivity index (χ3v) is 3.18. The number of nitrogens with zero attached hydrogens (tertiary/aromatic N) is 2. The highest BCUT2D eigenvalue weighted by Gasteiger charge is 2.15. The second-order valence-electron chi connectivity index (χ2n) is 4.31. The van der Waals surface area contributed by atoms with Crippen LogP contribution in [-0.2, 0) is 0 Å². The van der Waals surface area contributed by atoms with Crippen LogP contribution in [0.4, 0.5) is 11.4 Å². The molecule has 0 aliphatic heterocycles. The van der Waals surface area contributed by atoms with Gasteiger partial charge >= 0.3 is 0 Å². The lowest BCUT2D eigenvalue weighted by Crippen LogP contribution is -1.98. The zero-order valence-electron chi connectivity index (χ0n) is 10.9. The average molecular weight is 338 g/mol. The van der Waals surface area contributed by atoms with Crippen LogP contribution >= 0.6 is 15.9 Å². The molecule has 0 amide bonds. The van der Waals surface area contributed by atoms with E-state index in [0.717, 1.165) is 4.47 Å². The highest BCUT2D eigenvalue weighted by atomic mass is 79.9. The van der Waals surface area contributed by atoms with Crippen molar-refractivity contribution in [1.82, 2.24) is 4.98 Å². The van der Waals surface area contributed by atoms with Crippen LogP contribution in [0.2, 0.25) is 0 Å².